The molecular formula is C11H20N4O2. The van der Waals surface area contributed by atoms with E-state index in [0.717, 1.165) is 18.8 Å². The van der Waals surface area contributed by atoms with Gasteiger partial charge in [0.2, 0.25) is 0 Å². The van der Waals surface area contributed by atoms with E-state index in [1.807, 2.05) is 13.2 Å². The lowest BCUT2D eigenvalue weighted by Crippen LogP contribution is -2.51. The van der Waals surface area contributed by atoms with Crippen LogP contribution in [0, 0.1) is 0 Å². The molecule has 0 spiro atoms. The van der Waals surface area contributed by atoms with Gasteiger partial charge in [0.25, 0.3) is 0 Å². The zero-order valence-electron chi connectivity index (χ0n) is 10.6. The minimum atomic E-state index is -0.112. The molecule has 0 aliphatic carbocycles. The highest BCUT2D eigenvalue weighted by molar-refractivity contribution is 4.89. The van der Waals surface area contributed by atoms with Crippen LogP contribution in [0.3, 0.4) is 0 Å². The molecule has 1 fully saturated rings. The number of hydrogen-bond donors (Lipinski definition) is 1. The molecule has 96 valence electrons. The molecule has 2 rings (SSSR count). The SMILES string of the molecule is Cn1cc(COCC2CNCC(C)(C)O2)nn1. The Bertz CT molecular complexity index is 364. The lowest BCUT2D eigenvalue weighted by molar-refractivity contribution is -0.122. The maximum Gasteiger partial charge on any atom is 0.108 e. The quantitative estimate of drug-likeness (QED) is 0.808. The number of nitrogens with one attached hydrogen (secondary N) is 1. The molecule has 0 aromatic carbocycles. The van der Waals surface area contributed by atoms with Gasteiger partial charge in [-0.3, -0.25) is 4.68 Å². The van der Waals surface area contributed by atoms with E-state index in [1.165, 1.54) is 0 Å². The molecule has 0 amide bonds. The van der Waals surface area contributed by atoms with Crippen LogP contribution in [0.4, 0.5) is 0 Å². The fourth-order valence-corrected chi connectivity index (χ4v) is 1.92. The van der Waals surface area contributed by atoms with Gasteiger partial charge in [-0.1, -0.05) is 5.21 Å². The van der Waals surface area contributed by atoms with Crippen molar-refractivity contribution in [2.45, 2.75) is 32.2 Å². The highest BCUT2D eigenvalue weighted by Gasteiger charge is 2.28. The first kappa shape index (κ1) is 12.5. The van der Waals surface area contributed by atoms with Crippen LogP contribution in [-0.2, 0) is 23.1 Å². The van der Waals surface area contributed by atoms with E-state index in [1.54, 1.807) is 4.68 Å². The topological polar surface area (TPSA) is 61.2 Å². The number of ether oxygens (including phenoxy) is 2. The Morgan fingerprint density at radius 1 is 1.65 bits per heavy atom. The molecular weight excluding hydrogens is 220 g/mol. The number of morpholine rings is 1. The summed E-state index contributed by atoms with van der Waals surface area (Å²) in [6, 6.07) is 0. The van der Waals surface area contributed by atoms with E-state index in [2.05, 4.69) is 29.5 Å². The molecule has 1 aliphatic rings. The van der Waals surface area contributed by atoms with Crippen molar-refractivity contribution in [2.75, 3.05) is 19.7 Å². The third-order valence-electron chi connectivity index (χ3n) is 2.61. The second-order valence-electron chi connectivity index (χ2n) is 5.03. The van der Waals surface area contributed by atoms with Gasteiger partial charge in [0.15, 0.2) is 0 Å². The van der Waals surface area contributed by atoms with Gasteiger partial charge < -0.3 is 14.8 Å². The fraction of sp³-hybridized carbons (Fsp3) is 0.818. The summed E-state index contributed by atoms with van der Waals surface area (Å²) in [6.07, 6.45) is 1.96. The third kappa shape index (κ3) is 3.76. The van der Waals surface area contributed by atoms with Gasteiger partial charge in [0.1, 0.15) is 5.69 Å². The second-order valence-corrected chi connectivity index (χ2v) is 5.03. The smallest absolute Gasteiger partial charge is 0.108 e. The summed E-state index contributed by atoms with van der Waals surface area (Å²) in [5.41, 5.74) is 0.731. The molecule has 6 heteroatoms. The fourth-order valence-electron chi connectivity index (χ4n) is 1.92. The zero-order valence-corrected chi connectivity index (χ0v) is 10.6. The van der Waals surface area contributed by atoms with E-state index >= 15 is 0 Å². The summed E-state index contributed by atoms with van der Waals surface area (Å²) in [6.45, 7) is 6.93. The molecule has 1 aliphatic heterocycles. The van der Waals surface area contributed by atoms with Crippen molar-refractivity contribution in [3.63, 3.8) is 0 Å². The predicted molar refractivity (Wildman–Crippen MR) is 62.5 cm³/mol. The number of nitrogens with zero attached hydrogens (tertiary/aromatic N) is 3. The van der Waals surface area contributed by atoms with Crippen molar-refractivity contribution in [2.24, 2.45) is 7.05 Å². The number of hydrogen-bond acceptors (Lipinski definition) is 5. The van der Waals surface area contributed by atoms with Crippen LogP contribution in [0.25, 0.3) is 0 Å². The Labute approximate surface area is 101 Å². The van der Waals surface area contributed by atoms with Crippen LogP contribution in [0.2, 0.25) is 0 Å². The molecule has 1 atom stereocenters. The number of rotatable bonds is 4. The maximum absolute atomic E-state index is 5.89. The molecule has 6 nitrogen and oxygen atoms in total. The first-order valence-corrected chi connectivity index (χ1v) is 5.87. The molecule has 2 heterocycles. The van der Waals surface area contributed by atoms with Crippen molar-refractivity contribution in [1.82, 2.24) is 20.3 Å². The normalized spacial score (nSPS) is 23.8. The van der Waals surface area contributed by atoms with E-state index in [-0.39, 0.29) is 11.7 Å². The van der Waals surface area contributed by atoms with Gasteiger partial charge in [0.05, 0.1) is 31.1 Å². The van der Waals surface area contributed by atoms with Crippen molar-refractivity contribution < 1.29 is 9.47 Å². The molecule has 0 saturated carbocycles. The highest BCUT2D eigenvalue weighted by Crippen LogP contribution is 2.15. The molecule has 1 saturated heterocycles. The summed E-state index contributed by atoms with van der Waals surface area (Å²) in [5, 5.41) is 11.1. The minimum absolute atomic E-state index is 0.107. The lowest BCUT2D eigenvalue weighted by atomic mass is 10.1. The summed E-state index contributed by atoms with van der Waals surface area (Å²) in [4.78, 5) is 0. The van der Waals surface area contributed by atoms with Gasteiger partial charge in [0, 0.05) is 20.1 Å². The Balaban J connectivity index is 1.71. The van der Waals surface area contributed by atoms with Crippen LogP contribution in [0.1, 0.15) is 19.5 Å². The largest absolute Gasteiger partial charge is 0.372 e. The Hall–Kier alpha value is -0.980. The number of aryl methyl sites for hydroxylation is 1. The average molecular weight is 240 g/mol. The summed E-state index contributed by atoms with van der Waals surface area (Å²) in [5.74, 6) is 0. The molecule has 17 heavy (non-hydrogen) atoms. The average Bonchev–Trinajstić information content (AvgIpc) is 2.63. The zero-order chi connectivity index (χ0) is 12.3. The Morgan fingerprint density at radius 3 is 3.12 bits per heavy atom. The first-order chi connectivity index (χ1) is 8.05. The predicted octanol–water partition coefficient (Wildman–Crippen LogP) is 0.0987. The van der Waals surface area contributed by atoms with Gasteiger partial charge >= 0.3 is 0 Å². The van der Waals surface area contributed by atoms with Crippen LogP contribution in [-0.4, -0.2) is 46.4 Å². The summed E-state index contributed by atoms with van der Waals surface area (Å²) >= 11 is 0. The van der Waals surface area contributed by atoms with Crippen molar-refractivity contribution in [1.29, 1.82) is 0 Å². The standard InChI is InChI=1S/C11H20N4O2/c1-11(2)8-12-4-10(17-11)7-16-6-9-5-15(3)14-13-9/h5,10,12H,4,6-8H2,1-3H3. The van der Waals surface area contributed by atoms with E-state index in [9.17, 15) is 0 Å². The molecule has 1 aromatic heterocycles. The van der Waals surface area contributed by atoms with E-state index in [0.29, 0.717) is 13.2 Å². The third-order valence-corrected chi connectivity index (χ3v) is 2.61. The molecule has 1 unspecified atom stereocenters. The Morgan fingerprint density at radius 2 is 2.47 bits per heavy atom. The van der Waals surface area contributed by atoms with Crippen molar-refractivity contribution >= 4 is 0 Å². The minimum Gasteiger partial charge on any atom is -0.372 e. The first-order valence-electron chi connectivity index (χ1n) is 5.87. The molecule has 1 N–H and O–H groups in total. The summed E-state index contributed by atoms with van der Waals surface area (Å²) in [7, 11) is 1.84. The van der Waals surface area contributed by atoms with Crippen molar-refractivity contribution in [3.05, 3.63) is 11.9 Å². The van der Waals surface area contributed by atoms with E-state index < -0.39 is 0 Å². The number of aromatic nitrogens is 3. The van der Waals surface area contributed by atoms with E-state index in [4.69, 9.17) is 9.47 Å². The highest BCUT2D eigenvalue weighted by atomic mass is 16.5. The van der Waals surface area contributed by atoms with Crippen LogP contribution < -0.4 is 5.32 Å². The van der Waals surface area contributed by atoms with Crippen LogP contribution in [0.15, 0.2) is 6.20 Å². The molecule has 0 bridgehead atoms. The maximum atomic E-state index is 5.89. The van der Waals surface area contributed by atoms with Crippen LogP contribution >= 0.6 is 0 Å². The van der Waals surface area contributed by atoms with Crippen LogP contribution in [0.5, 0.6) is 0 Å². The Kier molecular flexibility index (Phi) is 3.76. The second kappa shape index (κ2) is 5.12. The van der Waals surface area contributed by atoms with Crippen molar-refractivity contribution in [3.8, 4) is 0 Å². The lowest BCUT2D eigenvalue weighted by Gasteiger charge is -2.36. The van der Waals surface area contributed by atoms with Gasteiger partial charge in [-0.25, -0.2) is 0 Å². The monoisotopic (exact) mass is 240 g/mol. The summed E-state index contributed by atoms with van der Waals surface area (Å²) < 4.78 is 13.1. The van der Waals surface area contributed by atoms with Gasteiger partial charge in [-0.2, -0.15) is 0 Å². The van der Waals surface area contributed by atoms with Gasteiger partial charge in [-0.05, 0) is 13.8 Å². The molecule has 1 aromatic rings. The molecule has 0 radical (unpaired) electrons. The van der Waals surface area contributed by atoms with Gasteiger partial charge in [-0.15, -0.1) is 5.10 Å².